The third-order valence-corrected chi connectivity index (χ3v) is 6.62. The first kappa shape index (κ1) is 20.8. The molecule has 0 aliphatic heterocycles. The normalized spacial score (nSPS) is 12.0. The second kappa shape index (κ2) is 7.48. The van der Waals surface area contributed by atoms with Gasteiger partial charge in [-0.1, -0.05) is 0 Å². The summed E-state index contributed by atoms with van der Waals surface area (Å²) in [6.45, 7) is 0. The van der Waals surface area contributed by atoms with E-state index in [1.165, 1.54) is 63.9 Å². The smallest absolute Gasteiger partial charge is 0.261 e. The first-order valence-electron chi connectivity index (χ1n) is 8.25. The van der Waals surface area contributed by atoms with Crippen LogP contribution < -0.4 is 18.9 Å². The van der Waals surface area contributed by atoms with Crippen molar-refractivity contribution in [2.24, 2.45) is 0 Å². The van der Waals surface area contributed by atoms with Crippen molar-refractivity contribution in [1.82, 2.24) is 3.97 Å². The zero-order valence-corrected chi connectivity index (χ0v) is 17.8. The van der Waals surface area contributed by atoms with Gasteiger partial charge in [0.25, 0.3) is 10.0 Å². The molecule has 0 fully saturated rings. The Hall–Kier alpha value is -2.92. The molecule has 0 radical (unpaired) electrons. The summed E-state index contributed by atoms with van der Waals surface area (Å²) in [5, 5.41) is 0.475. The average Bonchev–Trinajstić information content (AvgIpc) is 3.10. The van der Waals surface area contributed by atoms with Crippen LogP contribution in [0.1, 0.15) is 0 Å². The van der Waals surface area contributed by atoms with Crippen molar-refractivity contribution in [3.8, 4) is 17.2 Å². The van der Waals surface area contributed by atoms with E-state index in [0.29, 0.717) is 28.2 Å². The van der Waals surface area contributed by atoms with Gasteiger partial charge in [0.15, 0.2) is 11.5 Å². The van der Waals surface area contributed by atoms with Crippen molar-refractivity contribution in [2.75, 3.05) is 32.3 Å². The maximum atomic E-state index is 12.9. The van der Waals surface area contributed by atoms with E-state index in [2.05, 4.69) is 4.72 Å². The van der Waals surface area contributed by atoms with Gasteiger partial charge in [-0.05, 0) is 24.3 Å². The van der Waals surface area contributed by atoms with Gasteiger partial charge in [0.2, 0.25) is 15.8 Å². The molecule has 156 valence electrons. The molecule has 0 saturated heterocycles. The molecule has 0 unspecified atom stereocenters. The summed E-state index contributed by atoms with van der Waals surface area (Å²) >= 11 is 0. The number of hydrogen-bond donors (Lipinski definition) is 1. The highest BCUT2D eigenvalue weighted by atomic mass is 32.2. The van der Waals surface area contributed by atoms with Gasteiger partial charge < -0.3 is 14.2 Å². The molecule has 0 saturated carbocycles. The Morgan fingerprint density at radius 2 is 1.48 bits per heavy atom. The topological polar surface area (TPSA) is 113 Å². The third kappa shape index (κ3) is 3.96. The van der Waals surface area contributed by atoms with Gasteiger partial charge in [-0.25, -0.2) is 20.8 Å². The Kier molecular flexibility index (Phi) is 5.37. The molecule has 0 bridgehead atoms. The van der Waals surface area contributed by atoms with Crippen molar-refractivity contribution in [2.45, 2.75) is 4.90 Å². The molecule has 3 aromatic rings. The van der Waals surface area contributed by atoms with Crippen LogP contribution >= 0.6 is 0 Å². The van der Waals surface area contributed by atoms with Gasteiger partial charge in [-0.3, -0.25) is 4.72 Å². The second-order valence-corrected chi connectivity index (χ2v) is 9.66. The lowest BCUT2D eigenvalue weighted by molar-refractivity contribution is 0.325. The molecule has 0 spiro atoms. The zero-order valence-electron chi connectivity index (χ0n) is 16.2. The third-order valence-electron chi connectivity index (χ3n) is 4.21. The summed E-state index contributed by atoms with van der Waals surface area (Å²) in [4.78, 5) is -0.0231. The van der Waals surface area contributed by atoms with Crippen molar-refractivity contribution in [3.05, 3.63) is 42.6 Å². The highest BCUT2D eigenvalue weighted by Crippen LogP contribution is 2.40. The number of nitrogens with one attached hydrogen (secondary N) is 1. The number of hydrogen-bond acceptors (Lipinski definition) is 7. The van der Waals surface area contributed by atoms with E-state index >= 15 is 0 Å². The molecule has 0 aliphatic carbocycles. The predicted molar refractivity (Wildman–Crippen MR) is 109 cm³/mol. The van der Waals surface area contributed by atoms with Gasteiger partial charge >= 0.3 is 0 Å². The number of anilines is 1. The maximum absolute atomic E-state index is 12.9. The molecule has 0 aliphatic rings. The molecule has 29 heavy (non-hydrogen) atoms. The number of nitrogens with zero attached hydrogens (tertiary/aromatic N) is 1. The fourth-order valence-electron chi connectivity index (χ4n) is 2.91. The minimum atomic E-state index is -3.96. The van der Waals surface area contributed by atoms with Crippen LogP contribution in [0.2, 0.25) is 0 Å². The standard InChI is InChI=1S/C18H20N2O7S2/c1-25-16-10-13(11-17(26-2)18(16)27-3)19-29(23,24)14-5-6-15-12(9-14)7-8-20(15)28(4,21)22/h5-11,19H,1-4H3. The Morgan fingerprint density at radius 3 is 2.00 bits per heavy atom. The number of sulfonamides is 1. The number of methoxy groups -OCH3 is 3. The minimum absolute atomic E-state index is 0.0231. The highest BCUT2D eigenvalue weighted by molar-refractivity contribution is 7.92. The van der Waals surface area contributed by atoms with Crippen LogP contribution in [-0.2, 0) is 20.0 Å². The summed E-state index contributed by atoms with van der Waals surface area (Å²) in [6, 6.07) is 8.66. The van der Waals surface area contributed by atoms with Crippen LogP contribution in [0.3, 0.4) is 0 Å². The monoisotopic (exact) mass is 440 g/mol. The van der Waals surface area contributed by atoms with E-state index in [4.69, 9.17) is 14.2 Å². The molecule has 1 N–H and O–H groups in total. The van der Waals surface area contributed by atoms with Gasteiger partial charge in [0.1, 0.15) is 0 Å². The van der Waals surface area contributed by atoms with Gasteiger partial charge in [0, 0.05) is 23.7 Å². The fourth-order valence-corrected chi connectivity index (χ4v) is 4.79. The van der Waals surface area contributed by atoms with E-state index < -0.39 is 20.0 Å². The Balaban J connectivity index is 2.02. The second-order valence-electron chi connectivity index (χ2n) is 6.11. The number of aromatic nitrogens is 1. The molecule has 0 amide bonds. The van der Waals surface area contributed by atoms with Crippen molar-refractivity contribution < 1.29 is 31.0 Å². The highest BCUT2D eigenvalue weighted by Gasteiger charge is 2.20. The van der Waals surface area contributed by atoms with Gasteiger partial charge in [-0.15, -0.1) is 0 Å². The number of benzene rings is 2. The van der Waals surface area contributed by atoms with Crippen LogP contribution in [0.5, 0.6) is 17.2 Å². The van der Waals surface area contributed by atoms with Crippen molar-refractivity contribution >= 4 is 36.6 Å². The van der Waals surface area contributed by atoms with Crippen LogP contribution in [-0.4, -0.2) is 48.4 Å². The lowest BCUT2D eigenvalue weighted by Crippen LogP contribution is -2.13. The number of fused-ring (bicyclic) bond motifs is 1. The molecule has 3 rings (SSSR count). The largest absolute Gasteiger partial charge is 0.493 e. The first-order valence-corrected chi connectivity index (χ1v) is 11.6. The van der Waals surface area contributed by atoms with E-state index in [9.17, 15) is 16.8 Å². The molecule has 1 aromatic heterocycles. The fraction of sp³-hybridized carbons (Fsp3) is 0.222. The van der Waals surface area contributed by atoms with E-state index in [1.807, 2.05) is 0 Å². The van der Waals surface area contributed by atoms with E-state index in [0.717, 1.165) is 10.2 Å². The molecule has 11 heteroatoms. The summed E-state index contributed by atoms with van der Waals surface area (Å²) < 4.78 is 68.6. The maximum Gasteiger partial charge on any atom is 0.261 e. The molecular formula is C18H20N2O7S2. The van der Waals surface area contributed by atoms with E-state index in [-0.39, 0.29) is 10.6 Å². The Morgan fingerprint density at radius 1 is 0.862 bits per heavy atom. The van der Waals surface area contributed by atoms with E-state index in [1.54, 1.807) is 0 Å². The average molecular weight is 440 g/mol. The predicted octanol–water partition coefficient (Wildman–Crippen LogP) is 2.28. The molecule has 0 atom stereocenters. The van der Waals surface area contributed by atoms with Crippen LogP contribution in [0.4, 0.5) is 5.69 Å². The Bertz CT molecular complexity index is 1250. The van der Waals surface area contributed by atoms with Crippen LogP contribution in [0, 0.1) is 0 Å². The van der Waals surface area contributed by atoms with Gasteiger partial charge in [0.05, 0.1) is 43.7 Å². The molecule has 9 nitrogen and oxygen atoms in total. The quantitative estimate of drug-likeness (QED) is 0.600. The summed E-state index contributed by atoms with van der Waals surface area (Å²) in [7, 11) is -3.15. The first-order chi connectivity index (χ1) is 13.6. The van der Waals surface area contributed by atoms with Crippen LogP contribution in [0.15, 0.2) is 47.5 Å². The summed E-state index contributed by atoms with van der Waals surface area (Å²) in [5.74, 6) is 0.928. The number of ether oxygens (including phenoxy) is 3. The molecule has 1 heterocycles. The molecule has 2 aromatic carbocycles. The SMILES string of the molecule is COc1cc(NS(=O)(=O)c2ccc3c(ccn3S(C)(=O)=O)c2)cc(OC)c1OC. The van der Waals surface area contributed by atoms with Gasteiger partial charge in [-0.2, -0.15) is 0 Å². The van der Waals surface area contributed by atoms with Crippen LogP contribution in [0.25, 0.3) is 10.9 Å². The molecular weight excluding hydrogens is 420 g/mol. The lowest BCUT2D eigenvalue weighted by atomic mass is 10.2. The lowest BCUT2D eigenvalue weighted by Gasteiger charge is -2.15. The zero-order chi connectivity index (χ0) is 21.4. The summed E-state index contributed by atoms with van der Waals surface area (Å²) in [6.07, 6.45) is 2.45. The minimum Gasteiger partial charge on any atom is -0.493 e. The Labute approximate surface area is 168 Å². The summed E-state index contributed by atoms with van der Waals surface area (Å²) in [5.41, 5.74) is 0.604. The van der Waals surface area contributed by atoms with Crippen molar-refractivity contribution in [1.29, 1.82) is 0 Å². The number of rotatable bonds is 7. The van der Waals surface area contributed by atoms with Crippen molar-refractivity contribution in [3.63, 3.8) is 0 Å².